The predicted molar refractivity (Wildman–Crippen MR) is 146 cm³/mol. The summed E-state index contributed by atoms with van der Waals surface area (Å²) in [6.45, 7) is 3.86. The van der Waals surface area contributed by atoms with Crippen molar-refractivity contribution in [1.29, 1.82) is 0 Å². The van der Waals surface area contributed by atoms with Crippen LogP contribution in [0.25, 0.3) is 10.9 Å². The molecule has 0 radical (unpaired) electrons. The molecule has 1 aliphatic heterocycles. The number of anilines is 4. The van der Waals surface area contributed by atoms with Gasteiger partial charge in [-0.15, -0.1) is 0 Å². The van der Waals surface area contributed by atoms with Gasteiger partial charge in [0.2, 0.25) is 5.95 Å². The maximum Gasteiger partial charge on any atom is 0.229 e. The molecule has 4 aromatic rings. The molecule has 0 amide bonds. The van der Waals surface area contributed by atoms with E-state index in [0.29, 0.717) is 17.8 Å². The summed E-state index contributed by atoms with van der Waals surface area (Å²) in [5, 5.41) is 7.68. The minimum Gasteiger partial charge on any atom is -0.490 e. The van der Waals surface area contributed by atoms with Gasteiger partial charge < -0.3 is 20.1 Å². The summed E-state index contributed by atoms with van der Waals surface area (Å²) < 4.78 is 11.8. The molecule has 190 valence electrons. The highest BCUT2D eigenvalue weighted by Gasteiger charge is 2.27. The molecular weight excluding hydrogens is 464 g/mol. The summed E-state index contributed by atoms with van der Waals surface area (Å²) in [6.07, 6.45) is 8.42. The van der Waals surface area contributed by atoms with Crippen LogP contribution in [0.3, 0.4) is 0 Å². The number of pyridine rings is 1. The van der Waals surface area contributed by atoms with Crippen molar-refractivity contribution in [3.63, 3.8) is 0 Å². The minimum atomic E-state index is 0.284. The number of nitrogens with one attached hydrogen (secondary N) is 2. The normalized spacial score (nSPS) is 20.4. The molecule has 2 N–H and O–H groups in total. The van der Waals surface area contributed by atoms with E-state index in [0.717, 1.165) is 67.2 Å². The molecule has 0 spiro atoms. The van der Waals surface area contributed by atoms with E-state index in [4.69, 9.17) is 9.47 Å². The SMILES string of the molecule is c1ccc2ncc(Nc3ccnc(Nc4ccc(OC5CCC(N6CCOCC6)CC5)cc4)n3)cc2c1. The average Bonchev–Trinajstić information content (AvgIpc) is 2.95. The van der Waals surface area contributed by atoms with Crippen LogP contribution in [0.4, 0.5) is 23.1 Å². The lowest BCUT2D eigenvalue weighted by Crippen LogP contribution is -2.46. The lowest BCUT2D eigenvalue weighted by Gasteiger charge is -2.38. The van der Waals surface area contributed by atoms with Gasteiger partial charge in [-0.25, -0.2) is 4.98 Å². The maximum absolute atomic E-state index is 6.29. The smallest absolute Gasteiger partial charge is 0.229 e. The highest BCUT2D eigenvalue weighted by atomic mass is 16.5. The topological polar surface area (TPSA) is 84.4 Å². The molecule has 6 rings (SSSR count). The first-order chi connectivity index (χ1) is 18.3. The van der Waals surface area contributed by atoms with Crippen LogP contribution in [-0.4, -0.2) is 58.3 Å². The fourth-order valence-corrected chi connectivity index (χ4v) is 5.19. The van der Waals surface area contributed by atoms with Crippen LogP contribution in [0.2, 0.25) is 0 Å². The number of rotatable bonds is 7. The molecule has 2 aromatic carbocycles. The zero-order chi connectivity index (χ0) is 24.9. The van der Waals surface area contributed by atoms with Crippen LogP contribution in [0.1, 0.15) is 25.7 Å². The van der Waals surface area contributed by atoms with Gasteiger partial charge in [-0.2, -0.15) is 4.98 Å². The van der Waals surface area contributed by atoms with E-state index >= 15 is 0 Å². The van der Waals surface area contributed by atoms with E-state index in [9.17, 15) is 0 Å². The fraction of sp³-hybridized carbons (Fsp3) is 0.345. The Morgan fingerprint density at radius 3 is 2.49 bits per heavy atom. The van der Waals surface area contributed by atoms with Gasteiger partial charge >= 0.3 is 0 Å². The Morgan fingerprint density at radius 2 is 1.65 bits per heavy atom. The van der Waals surface area contributed by atoms with E-state index < -0.39 is 0 Å². The first-order valence-electron chi connectivity index (χ1n) is 13.1. The summed E-state index contributed by atoms with van der Waals surface area (Å²) in [6, 6.07) is 20.7. The number of hydrogen-bond acceptors (Lipinski definition) is 8. The number of morpholine rings is 1. The molecule has 2 aromatic heterocycles. The van der Waals surface area contributed by atoms with E-state index in [2.05, 4.69) is 36.6 Å². The Morgan fingerprint density at radius 1 is 0.838 bits per heavy atom. The molecule has 1 saturated carbocycles. The van der Waals surface area contributed by atoms with Gasteiger partial charge in [0.25, 0.3) is 0 Å². The second kappa shape index (κ2) is 11.1. The summed E-state index contributed by atoms with van der Waals surface area (Å²) in [7, 11) is 0. The summed E-state index contributed by atoms with van der Waals surface area (Å²) in [5.74, 6) is 2.12. The van der Waals surface area contributed by atoms with Crippen molar-refractivity contribution in [3.05, 3.63) is 73.1 Å². The van der Waals surface area contributed by atoms with Gasteiger partial charge in [-0.3, -0.25) is 9.88 Å². The molecule has 2 aliphatic rings. The van der Waals surface area contributed by atoms with Crippen LogP contribution in [0, 0.1) is 0 Å². The molecule has 1 aliphatic carbocycles. The lowest BCUT2D eigenvalue weighted by molar-refractivity contribution is -0.00103. The van der Waals surface area contributed by atoms with Crippen molar-refractivity contribution in [2.24, 2.45) is 0 Å². The highest BCUT2D eigenvalue weighted by molar-refractivity contribution is 5.82. The number of nitrogens with zero attached hydrogens (tertiary/aromatic N) is 4. The summed E-state index contributed by atoms with van der Waals surface area (Å²) >= 11 is 0. The number of aromatic nitrogens is 3. The Hall–Kier alpha value is -3.75. The molecular formula is C29H32N6O2. The zero-order valence-corrected chi connectivity index (χ0v) is 20.8. The molecule has 0 bridgehead atoms. The predicted octanol–water partition coefficient (Wildman–Crippen LogP) is 5.53. The molecule has 37 heavy (non-hydrogen) atoms. The molecule has 0 atom stereocenters. The quantitative estimate of drug-likeness (QED) is 0.345. The van der Waals surface area contributed by atoms with Crippen LogP contribution in [-0.2, 0) is 4.74 Å². The Bertz CT molecular complexity index is 1320. The third-order valence-electron chi connectivity index (χ3n) is 7.14. The number of fused-ring (bicyclic) bond motifs is 1. The number of benzene rings is 2. The average molecular weight is 497 g/mol. The van der Waals surface area contributed by atoms with Crippen LogP contribution < -0.4 is 15.4 Å². The van der Waals surface area contributed by atoms with Crippen molar-refractivity contribution >= 4 is 34.0 Å². The van der Waals surface area contributed by atoms with Gasteiger partial charge in [0.1, 0.15) is 11.6 Å². The molecule has 2 fully saturated rings. The minimum absolute atomic E-state index is 0.284. The maximum atomic E-state index is 6.29. The second-order valence-electron chi connectivity index (χ2n) is 9.65. The van der Waals surface area contributed by atoms with E-state index in [-0.39, 0.29) is 6.10 Å². The molecule has 0 unspecified atom stereocenters. The van der Waals surface area contributed by atoms with Crippen LogP contribution in [0.5, 0.6) is 5.75 Å². The number of para-hydroxylation sites is 1. The van der Waals surface area contributed by atoms with Crippen molar-refractivity contribution < 1.29 is 9.47 Å². The number of hydrogen-bond donors (Lipinski definition) is 2. The monoisotopic (exact) mass is 496 g/mol. The van der Waals surface area contributed by atoms with Crippen molar-refractivity contribution in [2.75, 3.05) is 36.9 Å². The number of ether oxygens (including phenoxy) is 2. The largest absolute Gasteiger partial charge is 0.490 e. The zero-order valence-electron chi connectivity index (χ0n) is 20.8. The van der Waals surface area contributed by atoms with Crippen LogP contribution in [0.15, 0.2) is 73.1 Å². The molecule has 3 heterocycles. The third kappa shape index (κ3) is 5.98. The molecule has 8 heteroatoms. The summed E-state index contributed by atoms with van der Waals surface area (Å²) in [5.41, 5.74) is 2.75. The Balaban J connectivity index is 1.02. The van der Waals surface area contributed by atoms with Gasteiger partial charge in [0.05, 0.1) is 36.7 Å². The lowest BCUT2D eigenvalue weighted by atomic mass is 9.91. The first-order valence-corrected chi connectivity index (χ1v) is 13.1. The van der Waals surface area contributed by atoms with Crippen LogP contribution >= 0.6 is 0 Å². The first kappa shape index (κ1) is 23.6. The Kier molecular flexibility index (Phi) is 7.10. The fourth-order valence-electron chi connectivity index (χ4n) is 5.19. The van der Waals surface area contributed by atoms with Crippen molar-refractivity contribution in [1.82, 2.24) is 19.9 Å². The molecule has 1 saturated heterocycles. The van der Waals surface area contributed by atoms with Gasteiger partial charge in [-0.05, 0) is 68.1 Å². The van der Waals surface area contributed by atoms with E-state index in [1.807, 2.05) is 60.8 Å². The highest BCUT2D eigenvalue weighted by Crippen LogP contribution is 2.28. The standard InChI is InChI=1S/C29H32N6O2/c1-2-4-27-21(3-1)19-23(20-31-27)32-28-13-14-30-29(34-28)33-22-5-9-25(10-6-22)37-26-11-7-24(8-12-26)35-15-17-36-18-16-35/h1-6,9-10,13-14,19-20,24,26H,7-8,11-12,15-18H2,(H2,30,32,33,34). The van der Waals surface area contributed by atoms with E-state index in [1.54, 1.807) is 6.20 Å². The van der Waals surface area contributed by atoms with Gasteiger partial charge in [-0.1, -0.05) is 18.2 Å². The van der Waals surface area contributed by atoms with Crippen molar-refractivity contribution in [3.8, 4) is 5.75 Å². The van der Waals surface area contributed by atoms with Gasteiger partial charge in [0.15, 0.2) is 0 Å². The summed E-state index contributed by atoms with van der Waals surface area (Å²) in [4.78, 5) is 16.1. The molecule has 8 nitrogen and oxygen atoms in total. The second-order valence-corrected chi connectivity index (χ2v) is 9.65. The Labute approximate surface area is 217 Å². The van der Waals surface area contributed by atoms with Gasteiger partial charge in [0, 0.05) is 36.4 Å². The van der Waals surface area contributed by atoms with Crippen molar-refractivity contribution in [2.45, 2.75) is 37.8 Å². The van der Waals surface area contributed by atoms with E-state index in [1.165, 1.54) is 12.8 Å². The third-order valence-corrected chi connectivity index (χ3v) is 7.14.